The zero-order chi connectivity index (χ0) is 16.8. The van der Waals surface area contributed by atoms with Crippen molar-refractivity contribution in [3.05, 3.63) is 34.9 Å². The molecule has 5 nitrogen and oxygen atoms in total. The Morgan fingerprint density at radius 2 is 2.05 bits per heavy atom. The van der Waals surface area contributed by atoms with Crippen LogP contribution in [0.3, 0.4) is 0 Å². The summed E-state index contributed by atoms with van der Waals surface area (Å²) < 4.78 is 5.15. The number of carboxylic acids is 1. The van der Waals surface area contributed by atoms with E-state index >= 15 is 0 Å². The smallest absolute Gasteiger partial charge is 0.320 e. The molecule has 1 unspecified atom stereocenters. The van der Waals surface area contributed by atoms with Gasteiger partial charge in [-0.1, -0.05) is 23.7 Å². The van der Waals surface area contributed by atoms with Crippen molar-refractivity contribution in [3.8, 4) is 0 Å². The summed E-state index contributed by atoms with van der Waals surface area (Å²) in [7, 11) is 0. The molecule has 0 aromatic heterocycles. The normalized spacial score (nSPS) is 12.7. The van der Waals surface area contributed by atoms with E-state index < -0.39 is 23.5 Å². The van der Waals surface area contributed by atoms with Gasteiger partial charge in [-0.25, -0.2) is 0 Å². The Hall–Kier alpha value is -1.59. The lowest BCUT2D eigenvalue weighted by Gasteiger charge is -2.20. The number of nitrogens with one attached hydrogen (secondary N) is 1. The molecular formula is C16H22ClNO4. The standard InChI is InChI=1S/C16H22ClNO4/c1-16(2,3)22-14(19)10-18-9-12(15(20)21)7-11-5-4-6-13(17)8-11/h4-6,8,12,18H,7,9-10H2,1-3H3,(H,20,21). The van der Waals surface area contributed by atoms with E-state index in [0.29, 0.717) is 11.4 Å². The minimum atomic E-state index is -0.920. The summed E-state index contributed by atoms with van der Waals surface area (Å²) in [6, 6.07) is 7.09. The molecule has 0 spiro atoms. The van der Waals surface area contributed by atoms with Crippen LogP contribution in [0.5, 0.6) is 0 Å². The van der Waals surface area contributed by atoms with Crippen LogP contribution in [0.1, 0.15) is 26.3 Å². The first-order valence-corrected chi connectivity index (χ1v) is 7.45. The van der Waals surface area contributed by atoms with E-state index in [1.54, 1.807) is 39.0 Å². The third-order valence-electron chi connectivity index (χ3n) is 2.80. The minimum Gasteiger partial charge on any atom is -0.481 e. The lowest BCUT2D eigenvalue weighted by atomic mass is 9.99. The van der Waals surface area contributed by atoms with Crippen molar-refractivity contribution in [1.82, 2.24) is 5.32 Å². The van der Waals surface area contributed by atoms with Crippen LogP contribution in [-0.4, -0.2) is 35.7 Å². The average molecular weight is 328 g/mol. The Labute approximate surface area is 135 Å². The number of ether oxygens (including phenoxy) is 1. The Kier molecular flexibility index (Phi) is 6.84. The van der Waals surface area contributed by atoms with Gasteiger partial charge in [-0.15, -0.1) is 0 Å². The average Bonchev–Trinajstić information content (AvgIpc) is 2.35. The SMILES string of the molecule is CC(C)(C)OC(=O)CNCC(Cc1cccc(Cl)c1)C(=O)O. The Morgan fingerprint density at radius 1 is 1.36 bits per heavy atom. The van der Waals surface area contributed by atoms with Gasteiger partial charge in [0.25, 0.3) is 0 Å². The molecule has 0 heterocycles. The molecule has 0 amide bonds. The van der Waals surface area contributed by atoms with Gasteiger partial charge in [0.1, 0.15) is 5.60 Å². The van der Waals surface area contributed by atoms with Crippen LogP contribution < -0.4 is 5.32 Å². The van der Waals surface area contributed by atoms with E-state index in [2.05, 4.69) is 5.32 Å². The molecule has 0 saturated carbocycles. The lowest BCUT2D eigenvalue weighted by molar-refractivity contribution is -0.154. The van der Waals surface area contributed by atoms with Crippen molar-refractivity contribution >= 4 is 23.5 Å². The van der Waals surface area contributed by atoms with E-state index in [1.807, 2.05) is 6.07 Å². The first-order chi connectivity index (χ1) is 10.2. The van der Waals surface area contributed by atoms with Gasteiger partial charge in [0.05, 0.1) is 12.5 Å². The summed E-state index contributed by atoms with van der Waals surface area (Å²) in [5, 5.41) is 12.7. The second-order valence-electron chi connectivity index (χ2n) is 6.09. The molecular weight excluding hydrogens is 306 g/mol. The van der Waals surface area contributed by atoms with E-state index in [9.17, 15) is 14.7 Å². The zero-order valence-electron chi connectivity index (χ0n) is 13.1. The fraction of sp³-hybridized carbons (Fsp3) is 0.500. The summed E-state index contributed by atoms with van der Waals surface area (Å²) in [4.78, 5) is 22.9. The van der Waals surface area contributed by atoms with Gasteiger partial charge in [-0.2, -0.15) is 0 Å². The third kappa shape index (κ3) is 7.43. The number of rotatable bonds is 7. The molecule has 0 fully saturated rings. The summed E-state index contributed by atoms with van der Waals surface area (Å²) in [6.45, 7) is 5.51. The highest BCUT2D eigenvalue weighted by Crippen LogP contribution is 2.14. The van der Waals surface area contributed by atoms with E-state index in [4.69, 9.17) is 16.3 Å². The summed E-state index contributed by atoms with van der Waals surface area (Å²) >= 11 is 5.89. The number of hydrogen-bond donors (Lipinski definition) is 2. The Balaban J connectivity index is 2.48. The molecule has 0 bridgehead atoms. The molecule has 1 atom stereocenters. The number of hydrogen-bond acceptors (Lipinski definition) is 4. The van der Waals surface area contributed by atoms with Crippen molar-refractivity contribution < 1.29 is 19.4 Å². The lowest BCUT2D eigenvalue weighted by Crippen LogP contribution is -2.36. The van der Waals surface area contributed by atoms with Gasteiger partial charge in [0.15, 0.2) is 0 Å². The molecule has 122 valence electrons. The molecule has 0 aliphatic heterocycles. The van der Waals surface area contributed by atoms with Crippen LogP contribution in [0.15, 0.2) is 24.3 Å². The first-order valence-electron chi connectivity index (χ1n) is 7.07. The highest BCUT2D eigenvalue weighted by atomic mass is 35.5. The summed E-state index contributed by atoms with van der Waals surface area (Å²) in [5.41, 5.74) is 0.296. The van der Waals surface area contributed by atoms with Crippen LogP contribution in [0.2, 0.25) is 5.02 Å². The van der Waals surface area contributed by atoms with Crippen LogP contribution in [-0.2, 0) is 20.7 Å². The maximum absolute atomic E-state index is 11.6. The van der Waals surface area contributed by atoms with Gasteiger partial charge in [-0.3, -0.25) is 9.59 Å². The third-order valence-corrected chi connectivity index (χ3v) is 3.04. The number of halogens is 1. The van der Waals surface area contributed by atoms with Crippen molar-refractivity contribution in [2.24, 2.45) is 5.92 Å². The maximum atomic E-state index is 11.6. The Morgan fingerprint density at radius 3 is 2.59 bits per heavy atom. The fourth-order valence-corrected chi connectivity index (χ4v) is 2.13. The van der Waals surface area contributed by atoms with Gasteiger partial charge >= 0.3 is 11.9 Å². The quantitative estimate of drug-likeness (QED) is 0.753. The maximum Gasteiger partial charge on any atom is 0.320 e. The number of carboxylic acid groups (broad SMARTS) is 1. The van der Waals surface area contributed by atoms with Crippen LogP contribution in [0.25, 0.3) is 0 Å². The van der Waals surface area contributed by atoms with Gasteiger partial charge in [0, 0.05) is 11.6 Å². The number of esters is 1. The molecule has 0 radical (unpaired) electrons. The topological polar surface area (TPSA) is 75.6 Å². The summed E-state index contributed by atoms with van der Waals surface area (Å²) in [6.07, 6.45) is 0.344. The monoisotopic (exact) mass is 327 g/mol. The van der Waals surface area contributed by atoms with Crippen LogP contribution >= 0.6 is 11.6 Å². The zero-order valence-corrected chi connectivity index (χ0v) is 13.8. The molecule has 1 rings (SSSR count). The molecule has 0 aliphatic carbocycles. The van der Waals surface area contributed by atoms with E-state index in [1.165, 1.54) is 0 Å². The highest BCUT2D eigenvalue weighted by Gasteiger charge is 2.20. The second-order valence-corrected chi connectivity index (χ2v) is 6.52. The van der Waals surface area contributed by atoms with E-state index in [-0.39, 0.29) is 13.1 Å². The van der Waals surface area contributed by atoms with Gasteiger partial charge < -0.3 is 15.2 Å². The Bertz CT molecular complexity index is 525. The molecule has 22 heavy (non-hydrogen) atoms. The number of benzene rings is 1. The van der Waals surface area contributed by atoms with Crippen LogP contribution in [0.4, 0.5) is 0 Å². The van der Waals surface area contributed by atoms with Crippen molar-refractivity contribution in [3.63, 3.8) is 0 Å². The predicted molar refractivity (Wildman–Crippen MR) is 85.0 cm³/mol. The fourth-order valence-electron chi connectivity index (χ4n) is 1.92. The second kappa shape index (κ2) is 8.15. The summed E-state index contributed by atoms with van der Waals surface area (Å²) in [5.74, 6) is -1.96. The molecule has 6 heteroatoms. The molecule has 0 aliphatic rings. The van der Waals surface area contributed by atoms with Crippen molar-refractivity contribution in [2.45, 2.75) is 32.8 Å². The molecule has 1 aromatic rings. The number of carbonyl (C=O) groups is 2. The van der Waals surface area contributed by atoms with Crippen molar-refractivity contribution in [2.75, 3.05) is 13.1 Å². The largest absolute Gasteiger partial charge is 0.481 e. The number of aliphatic carboxylic acids is 1. The van der Waals surface area contributed by atoms with Crippen LogP contribution in [0, 0.1) is 5.92 Å². The minimum absolute atomic E-state index is 0.0173. The first kappa shape index (κ1) is 18.5. The van der Waals surface area contributed by atoms with E-state index in [0.717, 1.165) is 5.56 Å². The number of carbonyl (C=O) groups excluding carboxylic acids is 1. The molecule has 1 aromatic carbocycles. The molecule has 2 N–H and O–H groups in total. The van der Waals surface area contributed by atoms with Gasteiger partial charge in [-0.05, 0) is 44.9 Å². The van der Waals surface area contributed by atoms with Crippen molar-refractivity contribution in [1.29, 1.82) is 0 Å². The van der Waals surface area contributed by atoms with Gasteiger partial charge in [0.2, 0.25) is 0 Å². The highest BCUT2D eigenvalue weighted by molar-refractivity contribution is 6.30. The predicted octanol–water partition coefficient (Wildman–Crippen LogP) is 2.51. The molecule has 0 saturated heterocycles.